The predicted octanol–water partition coefficient (Wildman–Crippen LogP) is 6.00. The molecule has 0 fully saturated rings. The summed E-state index contributed by atoms with van der Waals surface area (Å²) in [6.45, 7) is 0. The maximum Gasteiger partial charge on any atom is 0.283 e. The van der Waals surface area contributed by atoms with E-state index < -0.39 is 4.92 Å². The van der Waals surface area contributed by atoms with Gasteiger partial charge in [-0.1, -0.05) is 48.5 Å². The smallest absolute Gasteiger partial charge is 0.283 e. The van der Waals surface area contributed by atoms with Crippen molar-refractivity contribution in [1.29, 1.82) is 0 Å². The Kier molecular flexibility index (Phi) is 5.54. The Labute approximate surface area is 194 Å². The second kappa shape index (κ2) is 8.80. The highest BCUT2D eigenvalue weighted by molar-refractivity contribution is 7.99. The minimum atomic E-state index is -0.442. The third-order valence-corrected chi connectivity index (χ3v) is 6.39. The van der Waals surface area contributed by atoms with Gasteiger partial charge >= 0.3 is 0 Å². The summed E-state index contributed by atoms with van der Waals surface area (Å²) in [5.74, 6) is -0.152. The average Bonchev–Trinajstić information content (AvgIpc) is 3.21. The molecule has 0 spiro atoms. The van der Waals surface area contributed by atoms with E-state index >= 15 is 0 Å². The summed E-state index contributed by atoms with van der Waals surface area (Å²) in [4.78, 5) is 32.6. The lowest BCUT2D eigenvalue weighted by molar-refractivity contribution is -0.387. The van der Waals surface area contributed by atoms with Gasteiger partial charge < -0.3 is 0 Å². The Balaban J connectivity index is 1.38. The molecule has 0 saturated heterocycles. The number of nitrogens with zero attached hydrogens (tertiary/aromatic N) is 3. The molecule has 4 aromatic rings. The van der Waals surface area contributed by atoms with Gasteiger partial charge in [0.2, 0.25) is 0 Å². The monoisotopic (exact) mass is 451 g/mol. The van der Waals surface area contributed by atoms with Gasteiger partial charge in [-0.15, -0.1) is 0 Å². The van der Waals surface area contributed by atoms with Gasteiger partial charge in [0.05, 0.1) is 9.82 Å². The lowest BCUT2D eigenvalue weighted by Crippen LogP contribution is -1.96. The van der Waals surface area contributed by atoms with Gasteiger partial charge in [0.1, 0.15) is 0 Å². The molecule has 0 N–H and O–H groups in total. The Bertz CT molecular complexity index is 1420. The molecule has 0 unspecified atom stereocenters. The summed E-state index contributed by atoms with van der Waals surface area (Å²) < 4.78 is 0. The number of allylic oxidation sites excluding steroid dienone is 1. The molecule has 1 heterocycles. The molecule has 6 nitrogen and oxygen atoms in total. The summed E-state index contributed by atoms with van der Waals surface area (Å²) >= 11 is 1.12. The summed E-state index contributed by atoms with van der Waals surface area (Å²) in [5.41, 5.74) is 5.82. The van der Waals surface area contributed by atoms with Gasteiger partial charge in [0.25, 0.3) is 5.69 Å². The topological polar surface area (TPSA) is 86.0 Å². The SMILES string of the molecule is O=C(/C=C/c1ccc(Sc2ncccn2)c([N+](=O)[O-])c1)c1ccc2c(c1)-c1ccccc1C2. The van der Waals surface area contributed by atoms with Crippen molar-refractivity contribution in [2.24, 2.45) is 0 Å². The lowest BCUT2D eigenvalue weighted by atomic mass is 10.0. The molecule has 3 aromatic carbocycles. The highest BCUT2D eigenvalue weighted by Gasteiger charge is 2.19. The zero-order valence-electron chi connectivity index (χ0n) is 17.3. The van der Waals surface area contributed by atoms with Crippen molar-refractivity contribution in [3.8, 4) is 11.1 Å². The normalized spacial score (nSPS) is 11.9. The number of aromatic nitrogens is 2. The first-order valence-corrected chi connectivity index (χ1v) is 11.1. The number of hydrogen-bond acceptors (Lipinski definition) is 6. The fourth-order valence-electron chi connectivity index (χ4n) is 3.85. The molecule has 0 saturated carbocycles. The summed E-state index contributed by atoms with van der Waals surface area (Å²) in [5, 5.41) is 12.0. The van der Waals surface area contributed by atoms with Crippen molar-refractivity contribution >= 4 is 29.3 Å². The van der Waals surface area contributed by atoms with Crippen molar-refractivity contribution in [2.45, 2.75) is 16.5 Å². The number of fused-ring (bicyclic) bond motifs is 3. The van der Waals surface area contributed by atoms with Crippen molar-refractivity contribution in [2.75, 3.05) is 0 Å². The number of nitro benzene ring substituents is 1. The number of carbonyl (C=O) groups is 1. The number of nitro groups is 1. The molecule has 0 radical (unpaired) electrons. The highest BCUT2D eigenvalue weighted by atomic mass is 32.2. The molecular weight excluding hydrogens is 434 g/mol. The summed E-state index contributed by atoms with van der Waals surface area (Å²) in [6, 6.07) is 20.5. The predicted molar refractivity (Wildman–Crippen MR) is 127 cm³/mol. The first-order valence-electron chi connectivity index (χ1n) is 10.3. The Morgan fingerprint density at radius 3 is 2.55 bits per heavy atom. The van der Waals surface area contributed by atoms with Crippen molar-refractivity contribution in [3.05, 3.63) is 118 Å². The van der Waals surface area contributed by atoms with Crippen LogP contribution in [0.5, 0.6) is 0 Å². The quantitative estimate of drug-likeness (QED) is 0.103. The Morgan fingerprint density at radius 2 is 1.73 bits per heavy atom. The molecule has 1 aliphatic rings. The number of ketones is 1. The van der Waals surface area contributed by atoms with E-state index in [0.29, 0.717) is 21.2 Å². The van der Waals surface area contributed by atoms with E-state index in [1.807, 2.05) is 30.3 Å². The average molecular weight is 452 g/mol. The van der Waals surface area contributed by atoms with Crippen LogP contribution in [-0.4, -0.2) is 20.7 Å². The van der Waals surface area contributed by atoms with Crippen LogP contribution in [-0.2, 0) is 6.42 Å². The van der Waals surface area contributed by atoms with Crippen LogP contribution in [0.15, 0.2) is 95.3 Å². The molecule has 0 aliphatic heterocycles. The maximum atomic E-state index is 12.8. The Morgan fingerprint density at radius 1 is 0.939 bits per heavy atom. The van der Waals surface area contributed by atoms with Gasteiger partial charge in [-0.25, -0.2) is 9.97 Å². The molecule has 0 amide bonds. The number of benzene rings is 3. The van der Waals surface area contributed by atoms with Crippen LogP contribution in [0.25, 0.3) is 17.2 Å². The van der Waals surface area contributed by atoms with E-state index in [4.69, 9.17) is 0 Å². The third kappa shape index (κ3) is 4.31. The largest absolute Gasteiger partial charge is 0.289 e. The van der Waals surface area contributed by atoms with Crippen molar-refractivity contribution in [3.63, 3.8) is 0 Å². The summed E-state index contributed by atoms with van der Waals surface area (Å²) in [7, 11) is 0. The van der Waals surface area contributed by atoms with Gasteiger partial charge in [-0.05, 0) is 70.3 Å². The van der Waals surface area contributed by atoms with Crippen LogP contribution in [0.2, 0.25) is 0 Å². The first kappa shape index (κ1) is 20.8. The van der Waals surface area contributed by atoms with Crippen LogP contribution < -0.4 is 0 Å². The number of rotatable bonds is 6. The van der Waals surface area contributed by atoms with Gasteiger partial charge in [0, 0.05) is 24.0 Å². The van der Waals surface area contributed by atoms with Crippen molar-refractivity contribution in [1.82, 2.24) is 9.97 Å². The molecule has 0 atom stereocenters. The molecule has 7 heteroatoms. The fraction of sp³-hybridized carbons (Fsp3) is 0.0385. The fourth-order valence-corrected chi connectivity index (χ4v) is 4.65. The van der Waals surface area contributed by atoms with E-state index in [0.717, 1.165) is 29.3 Å². The molecule has 160 valence electrons. The van der Waals surface area contributed by atoms with E-state index in [1.54, 1.807) is 36.7 Å². The van der Waals surface area contributed by atoms with Crippen LogP contribution in [0.1, 0.15) is 27.0 Å². The van der Waals surface area contributed by atoms with Gasteiger partial charge in [-0.3, -0.25) is 14.9 Å². The van der Waals surface area contributed by atoms with Crippen LogP contribution in [0.3, 0.4) is 0 Å². The molecule has 5 rings (SSSR count). The van der Waals surface area contributed by atoms with E-state index in [-0.39, 0.29) is 11.5 Å². The molecule has 1 aliphatic carbocycles. The summed E-state index contributed by atoms with van der Waals surface area (Å²) in [6.07, 6.45) is 7.10. The van der Waals surface area contributed by atoms with Crippen LogP contribution >= 0.6 is 11.8 Å². The molecule has 0 bridgehead atoms. The van der Waals surface area contributed by atoms with Gasteiger partial charge in [0.15, 0.2) is 10.9 Å². The van der Waals surface area contributed by atoms with Crippen LogP contribution in [0.4, 0.5) is 5.69 Å². The molecule has 1 aromatic heterocycles. The number of carbonyl (C=O) groups excluding carboxylic acids is 1. The highest BCUT2D eigenvalue weighted by Crippen LogP contribution is 2.37. The van der Waals surface area contributed by atoms with Crippen molar-refractivity contribution < 1.29 is 9.72 Å². The minimum absolute atomic E-state index is 0.0591. The maximum absolute atomic E-state index is 12.8. The van der Waals surface area contributed by atoms with Gasteiger partial charge in [-0.2, -0.15) is 0 Å². The molecular formula is C26H17N3O3S. The third-order valence-electron chi connectivity index (χ3n) is 5.43. The van der Waals surface area contributed by atoms with Crippen LogP contribution in [0, 0.1) is 10.1 Å². The minimum Gasteiger partial charge on any atom is -0.289 e. The standard InChI is InChI=1S/C26H17N3O3S/c30-24(20-9-8-19-15-18-4-1-2-5-21(18)22(19)16-20)10-6-17-7-11-25(23(14-17)29(31)32)33-26-27-12-3-13-28-26/h1-14,16H,15H2/b10-6+. The molecule has 33 heavy (non-hydrogen) atoms. The lowest BCUT2D eigenvalue weighted by Gasteiger charge is -2.04. The number of hydrogen-bond donors (Lipinski definition) is 0. The zero-order valence-corrected chi connectivity index (χ0v) is 18.2. The van der Waals surface area contributed by atoms with E-state index in [1.165, 1.54) is 23.3 Å². The second-order valence-corrected chi connectivity index (χ2v) is 8.53. The second-order valence-electron chi connectivity index (χ2n) is 7.52. The Hall–Kier alpha value is -4.10. The van der Waals surface area contributed by atoms with E-state index in [2.05, 4.69) is 22.1 Å². The zero-order chi connectivity index (χ0) is 22.8. The first-order chi connectivity index (χ1) is 16.1. The van der Waals surface area contributed by atoms with E-state index in [9.17, 15) is 14.9 Å².